The summed E-state index contributed by atoms with van der Waals surface area (Å²) in [7, 11) is -2.07. The van der Waals surface area contributed by atoms with E-state index in [0.717, 1.165) is 17.4 Å². The third-order valence-electron chi connectivity index (χ3n) is 4.07. The molecule has 0 saturated heterocycles. The van der Waals surface area contributed by atoms with Gasteiger partial charge in [-0.1, -0.05) is 36.4 Å². The molecule has 26 heavy (non-hydrogen) atoms. The number of anilines is 1. The van der Waals surface area contributed by atoms with Crippen LogP contribution in [0.25, 0.3) is 0 Å². The Balaban J connectivity index is 2.21. The molecule has 1 amide bonds. The molecule has 0 radical (unpaired) electrons. The summed E-state index contributed by atoms with van der Waals surface area (Å²) in [5, 5.41) is 2.74. The van der Waals surface area contributed by atoms with E-state index >= 15 is 0 Å². The summed E-state index contributed by atoms with van der Waals surface area (Å²) in [6.07, 6.45) is 1.10. The number of sulfonamides is 1. The molecule has 0 saturated carbocycles. The first-order valence-corrected chi connectivity index (χ1v) is 10.0. The first kappa shape index (κ1) is 19.9. The summed E-state index contributed by atoms with van der Waals surface area (Å²) in [6, 6.07) is 14.2. The fourth-order valence-electron chi connectivity index (χ4n) is 2.69. The Bertz CT molecular complexity index is 866. The van der Waals surface area contributed by atoms with Crippen molar-refractivity contribution in [1.82, 2.24) is 4.31 Å². The largest absolute Gasteiger partial charge is 0.495 e. The molecule has 7 heteroatoms. The number of aryl methyl sites for hydroxylation is 1. The van der Waals surface area contributed by atoms with Crippen LogP contribution >= 0.6 is 0 Å². The van der Waals surface area contributed by atoms with Gasteiger partial charge in [0.2, 0.25) is 15.9 Å². The number of carbonyl (C=O) groups is 1. The average molecular weight is 376 g/mol. The number of nitrogens with one attached hydrogen (secondary N) is 1. The predicted molar refractivity (Wildman–Crippen MR) is 103 cm³/mol. The van der Waals surface area contributed by atoms with E-state index in [1.807, 2.05) is 43.3 Å². The number of hydrogen-bond donors (Lipinski definition) is 1. The molecule has 0 aliphatic heterocycles. The monoisotopic (exact) mass is 376 g/mol. The summed E-state index contributed by atoms with van der Waals surface area (Å²) < 4.78 is 30.9. The summed E-state index contributed by atoms with van der Waals surface area (Å²) in [5.41, 5.74) is 2.29. The summed E-state index contributed by atoms with van der Waals surface area (Å²) in [5.74, 6) is 0.0908. The molecule has 0 aromatic heterocycles. The Labute approximate surface area is 154 Å². The van der Waals surface area contributed by atoms with Crippen molar-refractivity contribution in [2.45, 2.75) is 19.9 Å². The Morgan fingerprint density at radius 2 is 1.85 bits per heavy atom. The van der Waals surface area contributed by atoms with Gasteiger partial charge in [0.15, 0.2) is 0 Å². The molecule has 1 atom stereocenters. The second kappa shape index (κ2) is 8.33. The third kappa shape index (κ3) is 5.06. The van der Waals surface area contributed by atoms with Gasteiger partial charge in [0, 0.05) is 6.04 Å². The standard InChI is InChI=1S/C19H24N2O4S/c1-14-10-11-18(25-3)17(12-14)20-19(22)13-21(26(4,23)24)15(2)16-8-6-5-7-9-16/h5-12,15H,13H2,1-4H3,(H,20,22). The zero-order valence-corrected chi connectivity index (χ0v) is 16.2. The molecule has 0 aliphatic rings. The van der Waals surface area contributed by atoms with Gasteiger partial charge in [-0.05, 0) is 37.1 Å². The molecule has 0 spiro atoms. The van der Waals surface area contributed by atoms with Crippen molar-refractivity contribution < 1.29 is 17.9 Å². The quantitative estimate of drug-likeness (QED) is 0.806. The maximum absolute atomic E-state index is 12.5. The smallest absolute Gasteiger partial charge is 0.239 e. The first-order valence-electron chi connectivity index (χ1n) is 8.18. The van der Waals surface area contributed by atoms with E-state index in [1.165, 1.54) is 11.4 Å². The van der Waals surface area contributed by atoms with Crippen LogP contribution in [0.2, 0.25) is 0 Å². The van der Waals surface area contributed by atoms with Crippen LogP contribution in [0.4, 0.5) is 5.69 Å². The van der Waals surface area contributed by atoms with Crippen LogP contribution < -0.4 is 10.1 Å². The van der Waals surface area contributed by atoms with Crippen LogP contribution in [-0.2, 0) is 14.8 Å². The third-order valence-corrected chi connectivity index (χ3v) is 5.37. The van der Waals surface area contributed by atoms with Crippen molar-refractivity contribution in [3.05, 3.63) is 59.7 Å². The predicted octanol–water partition coefficient (Wildman–Crippen LogP) is 2.96. The zero-order valence-electron chi connectivity index (χ0n) is 15.4. The lowest BCUT2D eigenvalue weighted by Crippen LogP contribution is -2.39. The lowest BCUT2D eigenvalue weighted by Gasteiger charge is -2.26. The maximum atomic E-state index is 12.5. The van der Waals surface area contributed by atoms with E-state index in [2.05, 4.69) is 5.32 Å². The van der Waals surface area contributed by atoms with Gasteiger partial charge in [0.05, 0.1) is 25.6 Å². The SMILES string of the molecule is COc1ccc(C)cc1NC(=O)CN(C(C)c1ccccc1)S(C)(=O)=O. The maximum Gasteiger partial charge on any atom is 0.239 e. The van der Waals surface area contributed by atoms with Gasteiger partial charge >= 0.3 is 0 Å². The van der Waals surface area contributed by atoms with Crippen molar-refractivity contribution in [1.29, 1.82) is 0 Å². The number of amides is 1. The number of carbonyl (C=O) groups excluding carboxylic acids is 1. The number of rotatable bonds is 7. The molecule has 2 aromatic rings. The van der Waals surface area contributed by atoms with E-state index in [1.54, 1.807) is 19.1 Å². The number of methoxy groups -OCH3 is 1. The summed E-state index contributed by atoms with van der Waals surface area (Å²) in [4.78, 5) is 12.5. The van der Waals surface area contributed by atoms with Gasteiger partial charge < -0.3 is 10.1 Å². The van der Waals surface area contributed by atoms with Crippen molar-refractivity contribution in [2.24, 2.45) is 0 Å². The average Bonchev–Trinajstić information content (AvgIpc) is 2.59. The lowest BCUT2D eigenvalue weighted by atomic mass is 10.1. The molecule has 0 heterocycles. The van der Waals surface area contributed by atoms with E-state index in [-0.39, 0.29) is 6.54 Å². The van der Waals surface area contributed by atoms with E-state index in [9.17, 15) is 13.2 Å². The lowest BCUT2D eigenvalue weighted by molar-refractivity contribution is -0.116. The Hall–Kier alpha value is -2.38. The van der Waals surface area contributed by atoms with Crippen LogP contribution in [-0.4, -0.2) is 38.5 Å². The second-order valence-corrected chi connectivity index (χ2v) is 8.08. The highest BCUT2D eigenvalue weighted by atomic mass is 32.2. The van der Waals surface area contributed by atoms with Gasteiger partial charge in [0.1, 0.15) is 5.75 Å². The molecule has 0 aliphatic carbocycles. The highest BCUT2D eigenvalue weighted by molar-refractivity contribution is 7.88. The van der Waals surface area contributed by atoms with Gasteiger partial charge in [-0.3, -0.25) is 4.79 Å². The number of benzene rings is 2. The minimum Gasteiger partial charge on any atom is -0.495 e. The van der Waals surface area contributed by atoms with Crippen LogP contribution in [0.15, 0.2) is 48.5 Å². The molecular formula is C19H24N2O4S. The molecule has 1 N–H and O–H groups in total. The fourth-order valence-corrected chi connectivity index (χ4v) is 3.74. The molecule has 6 nitrogen and oxygen atoms in total. The van der Waals surface area contributed by atoms with Gasteiger partial charge in [0.25, 0.3) is 0 Å². The number of hydrogen-bond acceptors (Lipinski definition) is 4. The van der Waals surface area contributed by atoms with Crippen molar-refractivity contribution in [2.75, 3.05) is 25.2 Å². The minimum absolute atomic E-state index is 0.286. The van der Waals surface area contributed by atoms with Crippen molar-refractivity contribution in [3.8, 4) is 5.75 Å². The Kier molecular flexibility index (Phi) is 6.39. The van der Waals surface area contributed by atoms with E-state index in [0.29, 0.717) is 11.4 Å². The number of nitrogens with zero attached hydrogens (tertiary/aromatic N) is 1. The van der Waals surface area contributed by atoms with E-state index in [4.69, 9.17) is 4.74 Å². The van der Waals surface area contributed by atoms with Crippen molar-refractivity contribution >= 4 is 21.6 Å². The van der Waals surface area contributed by atoms with Gasteiger partial charge in [-0.2, -0.15) is 4.31 Å². The molecule has 0 fully saturated rings. The van der Waals surface area contributed by atoms with Gasteiger partial charge in [-0.25, -0.2) is 8.42 Å². The molecule has 140 valence electrons. The minimum atomic E-state index is -3.58. The molecule has 1 unspecified atom stereocenters. The number of ether oxygens (including phenoxy) is 1. The first-order chi connectivity index (χ1) is 12.2. The topological polar surface area (TPSA) is 75.7 Å². The van der Waals surface area contributed by atoms with E-state index < -0.39 is 22.0 Å². The highest BCUT2D eigenvalue weighted by Crippen LogP contribution is 2.26. The van der Waals surface area contributed by atoms with Crippen LogP contribution in [0.5, 0.6) is 5.75 Å². The fraction of sp³-hybridized carbons (Fsp3) is 0.316. The normalized spacial score (nSPS) is 12.7. The Morgan fingerprint density at radius 1 is 1.19 bits per heavy atom. The molecule has 2 aromatic carbocycles. The summed E-state index contributed by atoms with van der Waals surface area (Å²) in [6.45, 7) is 3.37. The summed E-state index contributed by atoms with van der Waals surface area (Å²) >= 11 is 0. The highest BCUT2D eigenvalue weighted by Gasteiger charge is 2.27. The van der Waals surface area contributed by atoms with Gasteiger partial charge in [-0.15, -0.1) is 0 Å². The Morgan fingerprint density at radius 3 is 2.42 bits per heavy atom. The second-order valence-electron chi connectivity index (χ2n) is 6.15. The molecule has 0 bridgehead atoms. The molecule has 2 rings (SSSR count). The van der Waals surface area contributed by atoms with Crippen molar-refractivity contribution in [3.63, 3.8) is 0 Å². The van der Waals surface area contributed by atoms with Crippen LogP contribution in [0.3, 0.4) is 0 Å². The van der Waals surface area contributed by atoms with Crippen LogP contribution in [0.1, 0.15) is 24.1 Å². The van der Waals surface area contributed by atoms with Crippen LogP contribution in [0, 0.1) is 6.92 Å². The molecular weight excluding hydrogens is 352 g/mol. The zero-order chi connectivity index (χ0) is 19.3.